The molecule has 2 heterocycles. The molecule has 1 N–H and O–H groups in total. The van der Waals surface area contributed by atoms with Crippen molar-refractivity contribution in [2.45, 2.75) is 19.4 Å². The molecule has 1 aliphatic heterocycles. The molecule has 1 unspecified atom stereocenters. The molecule has 0 spiro atoms. The zero-order valence-electron chi connectivity index (χ0n) is 15.4. The molecule has 1 fully saturated rings. The summed E-state index contributed by atoms with van der Waals surface area (Å²) in [6.45, 7) is 3.04. The lowest BCUT2D eigenvalue weighted by Gasteiger charge is -2.16. The smallest absolute Gasteiger partial charge is 0.234 e. The molecule has 0 saturated carbocycles. The second kappa shape index (κ2) is 9.05. The van der Waals surface area contributed by atoms with E-state index in [1.165, 1.54) is 10.4 Å². The van der Waals surface area contributed by atoms with Crippen LogP contribution >= 0.6 is 11.3 Å². The molecular weight excluding hydrogens is 348 g/mol. The molecule has 1 amide bonds. The van der Waals surface area contributed by atoms with Gasteiger partial charge < -0.3 is 14.8 Å². The van der Waals surface area contributed by atoms with E-state index in [9.17, 15) is 4.79 Å². The molecule has 6 heteroatoms. The maximum Gasteiger partial charge on any atom is 0.234 e. The molecule has 2 aromatic rings. The lowest BCUT2D eigenvalue weighted by atomic mass is 9.98. The first-order valence-electron chi connectivity index (χ1n) is 8.90. The Bertz CT molecular complexity index is 718. The number of likely N-dealkylation sites (tertiary alicyclic amines) is 1. The van der Waals surface area contributed by atoms with Crippen molar-refractivity contribution in [2.75, 3.05) is 33.9 Å². The number of methoxy groups -OCH3 is 2. The molecule has 0 radical (unpaired) electrons. The van der Waals surface area contributed by atoms with Crippen LogP contribution in [-0.2, 0) is 17.8 Å². The van der Waals surface area contributed by atoms with Crippen LogP contribution in [0.1, 0.15) is 16.9 Å². The Hall–Kier alpha value is -2.05. The number of amides is 1. The van der Waals surface area contributed by atoms with Gasteiger partial charge in [-0.15, -0.1) is 11.3 Å². The first-order valence-corrected chi connectivity index (χ1v) is 9.78. The number of thiophene rings is 1. The molecule has 1 aromatic heterocycles. The Morgan fingerprint density at radius 3 is 2.85 bits per heavy atom. The zero-order valence-corrected chi connectivity index (χ0v) is 16.2. The summed E-state index contributed by atoms with van der Waals surface area (Å²) >= 11 is 1.67. The number of hydrogen-bond acceptors (Lipinski definition) is 5. The van der Waals surface area contributed by atoms with E-state index < -0.39 is 0 Å². The maximum atomic E-state index is 12.1. The SMILES string of the molecule is COc1ccc(CC2CCN(CC(=O)NCc3cccs3)C2)cc1OC. The number of nitrogens with one attached hydrogen (secondary N) is 1. The molecule has 1 saturated heterocycles. The summed E-state index contributed by atoms with van der Waals surface area (Å²) in [5, 5.41) is 5.03. The monoisotopic (exact) mass is 374 g/mol. The van der Waals surface area contributed by atoms with Gasteiger partial charge in [0, 0.05) is 11.4 Å². The first kappa shape index (κ1) is 18.7. The van der Waals surface area contributed by atoms with E-state index in [0.717, 1.165) is 37.4 Å². The average Bonchev–Trinajstić information content (AvgIpc) is 3.32. The number of carbonyl (C=O) groups excluding carboxylic acids is 1. The standard InChI is InChI=1S/C20H26N2O3S/c1-24-18-6-5-15(11-19(18)25-2)10-16-7-8-22(13-16)14-20(23)21-12-17-4-3-9-26-17/h3-6,9,11,16H,7-8,10,12-14H2,1-2H3,(H,21,23). The van der Waals surface area contributed by atoms with Gasteiger partial charge in [-0.05, 0) is 54.4 Å². The van der Waals surface area contributed by atoms with Gasteiger partial charge in [0.25, 0.3) is 0 Å². The number of benzene rings is 1. The Balaban J connectivity index is 1.45. The maximum absolute atomic E-state index is 12.1. The van der Waals surface area contributed by atoms with E-state index in [-0.39, 0.29) is 5.91 Å². The van der Waals surface area contributed by atoms with Crippen LogP contribution in [0.2, 0.25) is 0 Å². The molecule has 1 atom stereocenters. The van der Waals surface area contributed by atoms with Crippen LogP contribution < -0.4 is 14.8 Å². The van der Waals surface area contributed by atoms with Crippen LogP contribution in [0.15, 0.2) is 35.7 Å². The summed E-state index contributed by atoms with van der Waals surface area (Å²) in [5.74, 6) is 2.20. The molecule has 5 nitrogen and oxygen atoms in total. The molecule has 1 aromatic carbocycles. The third kappa shape index (κ3) is 4.99. The van der Waals surface area contributed by atoms with Gasteiger partial charge in [-0.25, -0.2) is 0 Å². The van der Waals surface area contributed by atoms with Crippen molar-refractivity contribution in [3.8, 4) is 11.5 Å². The third-order valence-electron chi connectivity index (χ3n) is 4.75. The molecule has 0 bridgehead atoms. The number of carbonyl (C=O) groups is 1. The van der Waals surface area contributed by atoms with E-state index in [2.05, 4.69) is 22.3 Å². The summed E-state index contributed by atoms with van der Waals surface area (Å²) < 4.78 is 10.7. The Labute approximate surface area is 158 Å². The van der Waals surface area contributed by atoms with Gasteiger partial charge in [0.15, 0.2) is 11.5 Å². The van der Waals surface area contributed by atoms with Crippen LogP contribution in [0, 0.1) is 5.92 Å². The number of nitrogens with zero attached hydrogens (tertiary/aromatic N) is 1. The normalized spacial score (nSPS) is 17.2. The predicted molar refractivity (Wildman–Crippen MR) is 104 cm³/mol. The van der Waals surface area contributed by atoms with Crippen LogP contribution in [0.25, 0.3) is 0 Å². The minimum atomic E-state index is 0.102. The van der Waals surface area contributed by atoms with Gasteiger partial charge >= 0.3 is 0 Å². The average molecular weight is 375 g/mol. The summed E-state index contributed by atoms with van der Waals surface area (Å²) in [4.78, 5) is 15.6. The molecule has 0 aliphatic carbocycles. The van der Waals surface area contributed by atoms with Gasteiger partial charge in [-0.3, -0.25) is 9.69 Å². The lowest BCUT2D eigenvalue weighted by Crippen LogP contribution is -2.35. The molecular formula is C20H26N2O3S. The molecule has 3 rings (SSSR count). The van der Waals surface area contributed by atoms with Crippen molar-refractivity contribution in [1.29, 1.82) is 0 Å². The Kier molecular flexibility index (Phi) is 6.52. The van der Waals surface area contributed by atoms with E-state index in [0.29, 0.717) is 19.0 Å². The molecule has 26 heavy (non-hydrogen) atoms. The van der Waals surface area contributed by atoms with E-state index >= 15 is 0 Å². The van der Waals surface area contributed by atoms with E-state index in [1.807, 2.05) is 23.6 Å². The van der Waals surface area contributed by atoms with Crippen molar-refractivity contribution < 1.29 is 14.3 Å². The topological polar surface area (TPSA) is 50.8 Å². The van der Waals surface area contributed by atoms with Crippen LogP contribution in [0.4, 0.5) is 0 Å². The Morgan fingerprint density at radius 2 is 2.12 bits per heavy atom. The number of rotatable bonds is 8. The molecule has 1 aliphatic rings. The highest BCUT2D eigenvalue weighted by Crippen LogP contribution is 2.29. The minimum absolute atomic E-state index is 0.102. The van der Waals surface area contributed by atoms with Gasteiger partial charge in [0.2, 0.25) is 5.91 Å². The highest BCUT2D eigenvalue weighted by molar-refractivity contribution is 7.09. The minimum Gasteiger partial charge on any atom is -0.493 e. The first-order chi connectivity index (χ1) is 12.7. The fraction of sp³-hybridized carbons (Fsp3) is 0.450. The van der Waals surface area contributed by atoms with Crippen LogP contribution in [0.3, 0.4) is 0 Å². The van der Waals surface area contributed by atoms with Gasteiger partial charge in [-0.2, -0.15) is 0 Å². The lowest BCUT2D eigenvalue weighted by molar-refractivity contribution is -0.122. The van der Waals surface area contributed by atoms with Crippen molar-refractivity contribution in [3.05, 3.63) is 46.2 Å². The van der Waals surface area contributed by atoms with Gasteiger partial charge in [-0.1, -0.05) is 12.1 Å². The number of hydrogen-bond donors (Lipinski definition) is 1. The fourth-order valence-electron chi connectivity index (χ4n) is 3.42. The van der Waals surface area contributed by atoms with Gasteiger partial charge in [0.1, 0.15) is 0 Å². The second-order valence-corrected chi connectivity index (χ2v) is 7.67. The summed E-state index contributed by atoms with van der Waals surface area (Å²) in [6.07, 6.45) is 2.11. The quantitative estimate of drug-likeness (QED) is 0.772. The fourth-order valence-corrected chi connectivity index (χ4v) is 4.07. The summed E-state index contributed by atoms with van der Waals surface area (Å²) in [7, 11) is 3.31. The zero-order chi connectivity index (χ0) is 18.4. The van der Waals surface area contributed by atoms with Crippen molar-refractivity contribution >= 4 is 17.2 Å². The highest BCUT2D eigenvalue weighted by Gasteiger charge is 2.24. The van der Waals surface area contributed by atoms with Crippen molar-refractivity contribution in [1.82, 2.24) is 10.2 Å². The highest BCUT2D eigenvalue weighted by atomic mass is 32.1. The van der Waals surface area contributed by atoms with Gasteiger partial charge in [0.05, 0.1) is 27.3 Å². The number of ether oxygens (including phenoxy) is 2. The van der Waals surface area contributed by atoms with E-state index in [4.69, 9.17) is 9.47 Å². The predicted octanol–water partition coefficient (Wildman–Crippen LogP) is 2.95. The van der Waals surface area contributed by atoms with Crippen LogP contribution in [-0.4, -0.2) is 44.7 Å². The Morgan fingerprint density at radius 1 is 1.27 bits per heavy atom. The molecule has 140 valence electrons. The van der Waals surface area contributed by atoms with Crippen molar-refractivity contribution in [2.24, 2.45) is 5.92 Å². The summed E-state index contributed by atoms with van der Waals surface area (Å²) in [6, 6.07) is 10.2. The van der Waals surface area contributed by atoms with E-state index in [1.54, 1.807) is 25.6 Å². The van der Waals surface area contributed by atoms with Crippen molar-refractivity contribution in [3.63, 3.8) is 0 Å². The second-order valence-electron chi connectivity index (χ2n) is 6.64. The third-order valence-corrected chi connectivity index (χ3v) is 5.63. The summed E-state index contributed by atoms with van der Waals surface area (Å²) in [5.41, 5.74) is 1.25. The largest absolute Gasteiger partial charge is 0.493 e. The van der Waals surface area contributed by atoms with Crippen LogP contribution in [0.5, 0.6) is 11.5 Å².